The maximum absolute atomic E-state index is 2.50. The van der Waals surface area contributed by atoms with Crippen molar-refractivity contribution in [3.05, 3.63) is 23.8 Å². The van der Waals surface area contributed by atoms with E-state index in [4.69, 9.17) is 0 Å². The average molecular weight is 146 g/mol. The Bertz CT molecular complexity index is 234. The summed E-state index contributed by atoms with van der Waals surface area (Å²) in [5.41, 5.74) is 1.80. The van der Waals surface area contributed by atoms with Gasteiger partial charge in [-0.2, -0.15) is 0 Å². The number of hydrogen-bond acceptors (Lipinski definition) is 0. The molecule has 3 rings (SSSR count). The van der Waals surface area contributed by atoms with E-state index in [1.165, 1.54) is 25.7 Å². The van der Waals surface area contributed by atoms with Gasteiger partial charge < -0.3 is 0 Å². The van der Waals surface area contributed by atoms with Crippen molar-refractivity contribution < 1.29 is 0 Å². The molecule has 0 bridgehead atoms. The Balaban J connectivity index is 1.97. The molecule has 0 aromatic heterocycles. The first kappa shape index (κ1) is 6.05. The first-order chi connectivity index (χ1) is 5.45. The Morgan fingerprint density at radius 1 is 1.36 bits per heavy atom. The lowest BCUT2D eigenvalue weighted by atomic mass is 9.91. The summed E-state index contributed by atoms with van der Waals surface area (Å²) >= 11 is 0. The van der Waals surface area contributed by atoms with Gasteiger partial charge in [0.05, 0.1) is 0 Å². The van der Waals surface area contributed by atoms with E-state index in [0.717, 1.165) is 17.8 Å². The molecule has 1 fully saturated rings. The molecule has 3 unspecified atom stereocenters. The van der Waals surface area contributed by atoms with Gasteiger partial charge in [0.1, 0.15) is 0 Å². The molecule has 0 aromatic rings. The molecule has 0 aliphatic heterocycles. The summed E-state index contributed by atoms with van der Waals surface area (Å²) in [7, 11) is 0. The van der Waals surface area contributed by atoms with E-state index in [1.54, 1.807) is 5.57 Å². The second kappa shape index (κ2) is 2.00. The molecule has 0 saturated heterocycles. The number of fused-ring (bicyclic) bond motifs is 3. The molecule has 0 heterocycles. The highest BCUT2D eigenvalue weighted by Crippen LogP contribution is 2.51. The van der Waals surface area contributed by atoms with E-state index in [9.17, 15) is 0 Å². The normalized spacial score (nSPS) is 45.8. The van der Waals surface area contributed by atoms with Gasteiger partial charge in [0.2, 0.25) is 0 Å². The molecule has 0 amide bonds. The maximum atomic E-state index is 2.50. The third-order valence-electron chi connectivity index (χ3n) is 3.66. The second-order valence-corrected chi connectivity index (χ2v) is 4.17. The van der Waals surface area contributed by atoms with E-state index >= 15 is 0 Å². The van der Waals surface area contributed by atoms with Crippen molar-refractivity contribution in [2.75, 3.05) is 0 Å². The molecule has 58 valence electrons. The Labute approximate surface area is 68.0 Å². The monoisotopic (exact) mass is 146 g/mol. The van der Waals surface area contributed by atoms with E-state index in [0.29, 0.717) is 0 Å². The maximum Gasteiger partial charge on any atom is -0.0133 e. The Hall–Kier alpha value is -0.520. The molecule has 1 saturated carbocycles. The summed E-state index contributed by atoms with van der Waals surface area (Å²) in [5.74, 6) is 2.93. The van der Waals surface area contributed by atoms with Crippen molar-refractivity contribution in [3.8, 4) is 0 Å². The summed E-state index contributed by atoms with van der Waals surface area (Å²) in [5, 5.41) is 0. The predicted octanol–water partition coefficient (Wildman–Crippen LogP) is 2.92. The van der Waals surface area contributed by atoms with E-state index in [2.05, 4.69) is 18.2 Å². The highest BCUT2D eigenvalue weighted by molar-refractivity contribution is 5.26. The van der Waals surface area contributed by atoms with Crippen LogP contribution in [0, 0.1) is 17.8 Å². The van der Waals surface area contributed by atoms with Crippen LogP contribution in [0.1, 0.15) is 25.7 Å². The van der Waals surface area contributed by atoms with E-state index < -0.39 is 0 Å². The van der Waals surface area contributed by atoms with Crippen molar-refractivity contribution in [1.29, 1.82) is 0 Å². The zero-order valence-electron chi connectivity index (χ0n) is 6.79. The summed E-state index contributed by atoms with van der Waals surface area (Å²) < 4.78 is 0. The predicted molar refractivity (Wildman–Crippen MR) is 46.2 cm³/mol. The zero-order chi connectivity index (χ0) is 7.26. The van der Waals surface area contributed by atoms with Gasteiger partial charge in [-0.05, 0) is 43.4 Å². The van der Waals surface area contributed by atoms with Gasteiger partial charge in [0, 0.05) is 0 Å². The summed E-state index contributed by atoms with van der Waals surface area (Å²) in [6.07, 6.45) is 12.9. The van der Waals surface area contributed by atoms with Gasteiger partial charge in [0.15, 0.2) is 0 Å². The van der Waals surface area contributed by atoms with Crippen molar-refractivity contribution in [1.82, 2.24) is 0 Å². The van der Waals surface area contributed by atoms with Gasteiger partial charge in [-0.15, -0.1) is 0 Å². The summed E-state index contributed by atoms with van der Waals surface area (Å²) in [6.45, 7) is 0. The minimum Gasteiger partial charge on any atom is -0.0879 e. The van der Waals surface area contributed by atoms with Crippen LogP contribution in [0.2, 0.25) is 0 Å². The fourth-order valence-corrected chi connectivity index (χ4v) is 3.17. The number of rotatable bonds is 0. The van der Waals surface area contributed by atoms with Crippen LogP contribution < -0.4 is 0 Å². The van der Waals surface area contributed by atoms with Crippen LogP contribution in [-0.2, 0) is 0 Å². The molecule has 11 heavy (non-hydrogen) atoms. The Kier molecular flexibility index (Phi) is 1.10. The van der Waals surface area contributed by atoms with Crippen molar-refractivity contribution in [2.24, 2.45) is 17.8 Å². The van der Waals surface area contributed by atoms with E-state index in [1.807, 2.05) is 0 Å². The third kappa shape index (κ3) is 0.702. The van der Waals surface area contributed by atoms with Gasteiger partial charge >= 0.3 is 0 Å². The lowest BCUT2D eigenvalue weighted by Crippen LogP contribution is -2.06. The Morgan fingerprint density at radius 2 is 2.36 bits per heavy atom. The minimum atomic E-state index is 0.948. The first-order valence-corrected chi connectivity index (χ1v) is 4.81. The van der Waals surface area contributed by atoms with Gasteiger partial charge in [-0.3, -0.25) is 0 Å². The molecule has 0 N–H and O–H groups in total. The summed E-state index contributed by atoms with van der Waals surface area (Å²) in [6, 6.07) is 0. The van der Waals surface area contributed by atoms with Crippen LogP contribution in [-0.4, -0.2) is 0 Å². The topological polar surface area (TPSA) is 0 Å². The third-order valence-corrected chi connectivity index (χ3v) is 3.66. The second-order valence-electron chi connectivity index (χ2n) is 4.17. The van der Waals surface area contributed by atoms with E-state index in [-0.39, 0.29) is 0 Å². The molecule has 0 aromatic carbocycles. The lowest BCUT2D eigenvalue weighted by molar-refractivity contribution is 0.407. The van der Waals surface area contributed by atoms with Crippen LogP contribution in [0.4, 0.5) is 0 Å². The van der Waals surface area contributed by atoms with Crippen LogP contribution in [0.5, 0.6) is 0 Å². The number of allylic oxidation sites excluding steroid dienone is 4. The molecular weight excluding hydrogens is 132 g/mol. The smallest absolute Gasteiger partial charge is 0.0133 e. The van der Waals surface area contributed by atoms with Crippen molar-refractivity contribution >= 4 is 0 Å². The quantitative estimate of drug-likeness (QED) is 0.461. The molecule has 0 radical (unpaired) electrons. The highest BCUT2D eigenvalue weighted by atomic mass is 14.4. The van der Waals surface area contributed by atoms with Crippen LogP contribution in [0.3, 0.4) is 0 Å². The zero-order valence-corrected chi connectivity index (χ0v) is 6.79. The van der Waals surface area contributed by atoms with Crippen LogP contribution >= 0.6 is 0 Å². The van der Waals surface area contributed by atoms with Crippen molar-refractivity contribution in [2.45, 2.75) is 25.7 Å². The SMILES string of the molecule is C1=CC2C(C1)CC1=CCCC12. The molecule has 0 nitrogen and oxygen atoms in total. The number of hydrogen-bond donors (Lipinski definition) is 0. The van der Waals surface area contributed by atoms with Crippen LogP contribution in [0.25, 0.3) is 0 Å². The summed E-state index contributed by atoms with van der Waals surface area (Å²) in [4.78, 5) is 0. The molecule has 3 aliphatic rings. The van der Waals surface area contributed by atoms with Crippen LogP contribution in [0.15, 0.2) is 23.8 Å². The largest absolute Gasteiger partial charge is 0.0879 e. The van der Waals surface area contributed by atoms with Gasteiger partial charge in [-0.25, -0.2) is 0 Å². The van der Waals surface area contributed by atoms with Crippen molar-refractivity contribution in [3.63, 3.8) is 0 Å². The first-order valence-electron chi connectivity index (χ1n) is 4.81. The molecule has 3 aliphatic carbocycles. The molecule has 0 heteroatoms. The minimum absolute atomic E-state index is 0.948. The lowest BCUT2D eigenvalue weighted by Gasteiger charge is -2.13. The fourth-order valence-electron chi connectivity index (χ4n) is 3.17. The molecule has 0 spiro atoms. The van der Waals surface area contributed by atoms with Gasteiger partial charge in [0.25, 0.3) is 0 Å². The highest BCUT2D eigenvalue weighted by Gasteiger charge is 2.40. The Morgan fingerprint density at radius 3 is 3.36 bits per heavy atom. The van der Waals surface area contributed by atoms with Gasteiger partial charge in [-0.1, -0.05) is 23.8 Å². The standard InChI is InChI=1S/C11H14/c1-3-8-7-9-4-2-6-11(9)10(8)5-1/h1,4-5,8,10-11H,2-3,6-7H2. The average Bonchev–Trinajstić information content (AvgIpc) is 2.52. The molecule has 3 atom stereocenters. The fraction of sp³-hybridized carbons (Fsp3) is 0.636. The molecular formula is C11H14.